The molecule has 0 unspecified atom stereocenters. The molecule has 2 nitrogen and oxygen atoms in total. The first-order valence-electron chi connectivity index (χ1n) is 8.75. The van der Waals surface area contributed by atoms with E-state index >= 15 is 0 Å². The molecule has 0 atom stereocenters. The highest BCUT2D eigenvalue weighted by atomic mass is 16.1. The van der Waals surface area contributed by atoms with Crippen molar-refractivity contribution in [1.29, 1.82) is 0 Å². The summed E-state index contributed by atoms with van der Waals surface area (Å²) in [6.45, 7) is 9.53. The Bertz CT molecular complexity index is 587. The highest BCUT2D eigenvalue weighted by molar-refractivity contribution is 5.75. The van der Waals surface area contributed by atoms with E-state index in [2.05, 4.69) is 51.2 Å². The SMILES string of the molecule is CC(C)=CCCC(C)=CCCC(C)=CCNc1ccc(C=O)cc1. The molecule has 0 spiro atoms. The van der Waals surface area contributed by atoms with Gasteiger partial charge in [0.25, 0.3) is 0 Å². The van der Waals surface area contributed by atoms with Gasteiger partial charge in [0.05, 0.1) is 0 Å². The molecule has 0 heterocycles. The smallest absolute Gasteiger partial charge is 0.150 e. The number of anilines is 1. The van der Waals surface area contributed by atoms with Gasteiger partial charge in [-0.1, -0.05) is 34.9 Å². The monoisotopic (exact) mass is 325 g/mol. The third kappa shape index (κ3) is 9.14. The van der Waals surface area contributed by atoms with Crippen LogP contribution in [0, 0.1) is 0 Å². The number of nitrogens with one attached hydrogen (secondary N) is 1. The maximum absolute atomic E-state index is 10.6. The number of carbonyl (C=O) groups excluding carboxylic acids is 1. The van der Waals surface area contributed by atoms with Gasteiger partial charge in [-0.05, 0) is 77.6 Å². The molecule has 1 aromatic rings. The van der Waals surface area contributed by atoms with Crippen molar-refractivity contribution in [1.82, 2.24) is 0 Å². The summed E-state index contributed by atoms with van der Waals surface area (Å²) in [6, 6.07) is 7.53. The lowest BCUT2D eigenvalue weighted by molar-refractivity contribution is 0.112. The molecule has 0 amide bonds. The summed E-state index contributed by atoms with van der Waals surface area (Å²) >= 11 is 0. The molecule has 1 N–H and O–H groups in total. The van der Waals surface area contributed by atoms with Gasteiger partial charge in [-0.3, -0.25) is 4.79 Å². The molecule has 0 aliphatic heterocycles. The first-order valence-corrected chi connectivity index (χ1v) is 8.75. The molecule has 2 heteroatoms. The number of allylic oxidation sites excluding steroid dienone is 5. The normalized spacial score (nSPS) is 12.0. The molecule has 0 fully saturated rings. The Morgan fingerprint density at radius 3 is 2.04 bits per heavy atom. The predicted molar refractivity (Wildman–Crippen MR) is 106 cm³/mol. The zero-order valence-corrected chi connectivity index (χ0v) is 15.6. The summed E-state index contributed by atoms with van der Waals surface area (Å²) in [6.07, 6.45) is 12.3. The van der Waals surface area contributed by atoms with Crippen LogP contribution in [0.25, 0.3) is 0 Å². The third-order valence-corrected chi connectivity index (χ3v) is 3.93. The van der Waals surface area contributed by atoms with Crippen molar-refractivity contribution < 1.29 is 4.79 Å². The summed E-state index contributed by atoms with van der Waals surface area (Å²) in [5.41, 5.74) is 6.03. The van der Waals surface area contributed by atoms with Crippen LogP contribution in [0.1, 0.15) is 63.7 Å². The van der Waals surface area contributed by atoms with E-state index in [4.69, 9.17) is 0 Å². The van der Waals surface area contributed by atoms with Crippen molar-refractivity contribution in [2.45, 2.75) is 53.4 Å². The van der Waals surface area contributed by atoms with Crippen LogP contribution in [0.15, 0.2) is 59.2 Å². The van der Waals surface area contributed by atoms with E-state index in [9.17, 15) is 4.79 Å². The van der Waals surface area contributed by atoms with E-state index in [-0.39, 0.29) is 0 Å². The zero-order chi connectivity index (χ0) is 17.8. The molecule has 0 aromatic heterocycles. The predicted octanol–water partition coefficient (Wildman–Crippen LogP) is 6.33. The molecular formula is C22H31NO. The van der Waals surface area contributed by atoms with Crippen LogP contribution in [0.3, 0.4) is 0 Å². The average molecular weight is 325 g/mol. The van der Waals surface area contributed by atoms with E-state index in [1.165, 1.54) is 16.7 Å². The van der Waals surface area contributed by atoms with Gasteiger partial charge in [0.15, 0.2) is 0 Å². The number of rotatable bonds is 10. The Morgan fingerprint density at radius 1 is 0.875 bits per heavy atom. The van der Waals surface area contributed by atoms with Gasteiger partial charge < -0.3 is 5.32 Å². The van der Waals surface area contributed by atoms with Crippen LogP contribution < -0.4 is 5.32 Å². The lowest BCUT2D eigenvalue weighted by atomic mass is 10.1. The summed E-state index contributed by atoms with van der Waals surface area (Å²) in [4.78, 5) is 10.6. The standard InChI is InChI=1S/C22H31NO/c1-18(2)7-5-8-19(3)9-6-10-20(4)15-16-23-22-13-11-21(17-24)12-14-22/h7,9,11-15,17,23H,5-6,8,10,16H2,1-4H3. The molecule has 0 saturated heterocycles. The lowest BCUT2D eigenvalue weighted by Gasteiger charge is -2.05. The fraction of sp³-hybridized carbons (Fsp3) is 0.409. The van der Waals surface area contributed by atoms with Gasteiger partial charge in [-0.25, -0.2) is 0 Å². The van der Waals surface area contributed by atoms with Crippen molar-refractivity contribution in [3.63, 3.8) is 0 Å². The van der Waals surface area contributed by atoms with Crippen LogP contribution in [-0.4, -0.2) is 12.8 Å². The Kier molecular flexibility index (Phi) is 9.52. The molecule has 0 bridgehead atoms. The Morgan fingerprint density at radius 2 is 1.46 bits per heavy atom. The number of benzene rings is 1. The summed E-state index contributed by atoms with van der Waals surface area (Å²) in [5.74, 6) is 0. The average Bonchev–Trinajstić information content (AvgIpc) is 2.55. The van der Waals surface area contributed by atoms with E-state index in [0.717, 1.165) is 44.2 Å². The second kappa shape index (κ2) is 11.4. The van der Waals surface area contributed by atoms with Gasteiger partial charge in [0.2, 0.25) is 0 Å². The Hall–Kier alpha value is -2.09. The second-order valence-corrected chi connectivity index (χ2v) is 6.58. The molecule has 0 saturated carbocycles. The summed E-state index contributed by atoms with van der Waals surface area (Å²) in [5, 5.41) is 3.35. The van der Waals surface area contributed by atoms with Crippen LogP contribution in [0.2, 0.25) is 0 Å². The van der Waals surface area contributed by atoms with E-state index in [1.54, 1.807) is 0 Å². The van der Waals surface area contributed by atoms with Crippen molar-refractivity contribution in [3.8, 4) is 0 Å². The van der Waals surface area contributed by atoms with Crippen molar-refractivity contribution >= 4 is 12.0 Å². The van der Waals surface area contributed by atoms with Crippen LogP contribution >= 0.6 is 0 Å². The molecule has 0 aliphatic rings. The van der Waals surface area contributed by atoms with Crippen molar-refractivity contribution in [2.24, 2.45) is 0 Å². The molecule has 130 valence electrons. The number of hydrogen-bond donors (Lipinski definition) is 1. The topological polar surface area (TPSA) is 29.1 Å². The maximum Gasteiger partial charge on any atom is 0.150 e. The fourth-order valence-corrected chi connectivity index (χ4v) is 2.36. The summed E-state index contributed by atoms with van der Waals surface area (Å²) in [7, 11) is 0. The zero-order valence-electron chi connectivity index (χ0n) is 15.6. The minimum Gasteiger partial charge on any atom is -0.382 e. The lowest BCUT2D eigenvalue weighted by Crippen LogP contribution is -1.99. The van der Waals surface area contributed by atoms with Crippen LogP contribution in [0.5, 0.6) is 0 Å². The van der Waals surface area contributed by atoms with Crippen molar-refractivity contribution in [3.05, 3.63) is 64.8 Å². The van der Waals surface area contributed by atoms with Gasteiger partial charge in [0.1, 0.15) is 6.29 Å². The molecule has 24 heavy (non-hydrogen) atoms. The van der Waals surface area contributed by atoms with Gasteiger partial charge in [0, 0.05) is 17.8 Å². The maximum atomic E-state index is 10.6. The number of carbonyl (C=O) groups is 1. The van der Waals surface area contributed by atoms with E-state index in [0.29, 0.717) is 5.56 Å². The minimum absolute atomic E-state index is 0.707. The molecular weight excluding hydrogens is 294 g/mol. The van der Waals surface area contributed by atoms with Gasteiger partial charge >= 0.3 is 0 Å². The number of aldehydes is 1. The molecule has 1 rings (SSSR count). The van der Waals surface area contributed by atoms with Crippen LogP contribution in [0.4, 0.5) is 5.69 Å². The summed E-state index contributed by atoms with van der Waals surface area (Å²) < 4.78 is 0. The highest BCUT2D eigenvalue weighted by Gasteiger charge is 1.94. The molecule has 0 aliphatic carbocycles. The fourth-order valence-electron chi connectivity index (χ4n) is 2.36. The third-order valence-electron chi connectivity index (χ3n) is 3.93. The second-order valence-electron chi connectivity index (χ2n) is 6.58. The Balaban J connectivity index is 2.28. The Labute approximate surface area is 147 Å². The molecule has 1 aromatic carbocycles. The van der Waals surface area contributed by atoms with Gasteiger partial charge in [-0.2, -0.15) is 0 Å². The van der Waals surface area contributed by atoms with E-state index < -0.39 is 0 Å². The quantitative estimate of drug-likeness (QED) is 0.402. The molecule has 0 radical (unpaired) electrons. The number of hydrogen-bond acceptors (Lipinski definition) is 2. The van der Waals surface area contributed by atoms with E-state index in [1.807, 2.05) is 24.3 Å². The van der Waals surface area contributed by atoms with Gasteiger partial charge in [-0.15, -0.1) is 0 Å². The van der Waals surface area contributed by atoms with Crippen LogP contribution in [-0.2, 0) is 0 Å². The minimum atomic E-state index is 0.707. The first kappa shape index (κ1) is 20.0. The first-order chi connectivity index (χ1) is 11.5. The highest BCUT2D eigenvalue weighted by Crippen LogP contribution is 2.12. The van der Waals surface area contributed by atoms with Crippen molar-refractivity contribution in [2.75, 3.05) is 11.9 Å². The largest absolute Gasteiger partial charge is 0.382 e.